The lowest BCUT2D eigenvalue weighted by Gasteiger charge is -2.18. The van der Waals surface area contributed by atoms with E-state index in [-0.39, 0.29) is 12.1 Å². The third-order valence-corrected chi connectivity index (χ3v) is 3.85. The summed E-state index contributed by atoms with van der Waals surface area (Å²) in [6.07, 6.45) is -0.303. The van der Waals surface area contributed by atoms with Crippen molar-refractivity contribution in [2.24, 2.45) is 0 Å². The van der Waals surface area contributed by atoms with Gasteiger partial charge in [0, 0.05) is 13.7 Å². The van der Waals surface area contributed by atoms with Crippen LogP contribution in [0.3, 0.4) is 0 Å². The van der Waals surface area contributed by atoms with E-state index in [1.165, 1.54) is 7.11 Å². The van der Waals surface area contributed by atoms with Gasteiger partial charge in [-0.15, -0.1) is 0 Å². The van der Waals surface area contributed by atoms with Crippen LogP contribution in [0.1, 0.15) is 11.7 Å². The quantitative estimate of drug-likeness (QED) is 0.756. The minimum Gasteiger partial charge on any atom is -0.497 e. The second-order valence-electron chi connectivity index (χ2n) is 5.38. The summed E-state index contributed by atoms with van der Waals surface area (Å²) in [7, 11) is 6.26. The number of carbonyl (C=O) groups is 1. The summed E-state index contributed by atoms with van der Waals surface area (Å²) in [4.78, 5) is 12.3. The summed E-state index contributed by atoms with van der Waals surface area (Å²) in [6, 6.07) is 12.4. The summed E-state index contributed by atoms with van der Waals surface area (Å²) in [6.45, 7) is 0.293. The molecule has 2 amide bonds. The SMILES string of the molecule is COc1cccc(C(CNC(=O)Nc2cccc(OC)c2OC)OC)c1. The Morgan fingerprint density at radius 3 is 2.42 bits per heavy atom. The van der Waals surface area contributed by atoms with Crippen LogP contribution in [-0.4, -0.2) is 41.0 Å². The molecule has 2 aromatic rings. The summed E-state index contributed by atoms with van der Waals surface area (Å²) in [5.41, 5.74) is 1.42. The van der Waals surface area contributed by atoms with Crippen LogP contribution >= 0.6 is 0 Å². The van der Waals surface area contributed by atoms with Crippen LogP contribution in [0.15, 0.2) is 42.5 Å². The molecule has 0 spiro atoms. The van der Waals surface area contributed by atoms with Gasteiger partial charge in [0.15, 0.2) is 11.5 Å². The molecule has 2 rings (SSSR count). The number of urea groups is 1. The number of methoxy groups -OCH3 is 4. The molecule has 0 heterocycles. The Kier molecular flexibility index (Phi) is 7.11. The predicted octanol–water partition coefficient (Wildman–Crippen LogP) is 3.22. The lowest BCUT2D eigenvalue weighted by atomic mass is 10.1. The molecule has 0 aliphatic carbocycles. The fourth-order valence-corrected chi connectivity index (χ4v) is 2.52. The number of carbonyl (C=O) groups excluding carboxylic acids is 1. The Morgan fingerprint density at radius 2 is 1.77 bits per heavy atom. The van der Waals surface area contributed by atoms with Crippen molar-refractivity contribution in [3.8, 4) is 17.2 Å². The zero-order chi connectivity index (χ0) is 18.9. The highest BCUT2D eigenvalue weighted by Gasteiger charge is 2.15. The van der Waals surface area contributed by atoms with Crippen molar-refractivity contribution in [1.82, 2.24) is 5.32 Å². The van der Waals surface area contributed by atoms with Gasteiger partial charge in [-0.25, -0.2) is 4.79 Å². The van der Waals surface area contributed by atoms with Gasteiger partial charge in [-0.05, 0) is 29.8 Å². The molecule has 1 atom stereocenters. The van der Waals surface area contributed by atoms with E-state index < -0.39 is 0 Å². The van der Waals surface area contributed by atoms with Crippen molar-refractivity contribution in [3.63, 3.8) is 0 Å². The van der Waals surface area contributed by atoms with E-state index in [4.69, 9.17) is 18.9 Å². The fourth-order valence-electron chi connectivity index (χ4n) is 2.52. The molecule has 0 saturated carbocycles. The summed E-state index contributed by atoms with van der Waals surface area (Å²) >= 11 is 0. The molecule has 2 aromatic carbocycles. The van der Waals surface area contributed by atoms with Crippen molar-refractivity contribution < 1.29 is 23.7 Å². The number of nitrogens with one attached hydrogen (secondary N) is 2. The number of ether oxygens (including phenoxy) is 4. The molecule has 0 aliphatic rings. The summed E-state index contributed by atoms with van der Waals surface area (Å²) in [5, 5.41) is 5.55. The molecule has 7 nitrogen and oxygen atoms in total. The highest BCUT2D eigenvalue weighted by Crippen LogP contribution is 2.34. The number of hydrogen-bond donors (Lipinski definition) is 2. The van der Waals surface area contributed by atoms with Crippen molar-refractivity contribution in [2.45, 2.75) is 6.10 Å². The largest absolute Gasteiger partial charge is 0.497 e. The normalized spacial score (nSPS) is 11.4. The third-order valence-electron chi connectivity index (χ3n) is 3.85. The molecule has 0 fully saturated rings. The topological polar surface area (TPSA) is 78.1 Å². The van der Waals surface area contributed by atoms with E-state index in [0.717, 1.165) is 11.3 Å². The minimum atomic E-state index is -0.374. The van der Waals surface area contributed by atoms with Gasteiger partial charge >= 0.3 is 6.03 Å². The predicted molar refractivity (Wildman–Crippen MR) is 99.3 cm³/mol. The zero-order valence-electron chi connectivity index (χ0n) is 15.4. The standard InChI is InChI=1S/C19H24N2O5/c1-23-14-8-5-7-13(11-14)17(25-3)12-20-19(22)21-15-9-6-10-16(24-2)18(15)26-4/h5-11,17H,12H2,1-4H3,(H2,20,21,22). The molecule has 7 heteroatoms. The van der Waals surface area contributed by atoms with Crippen molar-refractivity contribution >= 4 is 11.7 Å². The maximum atomic E-state index is 12.3. The Labute approximate surface area is 153 Å². The van der Waals surface area contributed by atoms with Crippen LogP contribution in [0.5, 0.6) is 17.2 Å². The van der Waals surface area contributed by atoms with Crippen LogP contribution in [0.4, 0.5) is 10.5 Å². The lowest BCUT2D eigenvalue weighted by molar-refractivity contribution is 0.104. The Balaban J connectivity index is 2.01. The smallest absolute Gasteiger partial charge is 0.319 e. The van der Waals surface area contributed by atoms with E-state index in [9.17, 15) is 4.79 Å². The number of benzene rings is 2. The van der Waals surface area contributed by atoms with E-state index >= 15 is 0 Å². The fraction of sp³-hybridized carbons (Fsp3) is 0.316. The molecular weight excluding hydrogens is 336 g/mol. The molecule has 1 unspecified atom stereocenters. The van der Waals surface area contributed by atoms with Crippen molar-refractivity contribution in [2.75, 3.05) is 40.3 Å². The minimum absolute atomic E-state index is 0.293. The molecule has 0 bridgehead atoms. The van der Waals surface area contributed by atoms with Crippen LogP contribution in [-0.2, 0) is 4.74 Å². The first-order valence-electron chi connectivity index (χ1n) is 8.05. The third kappa shape index (κ3) is 4.80. The van der Waals surface area contributed by atoms with Crippen molar-refractivity contribution in [3.05, 3.63) is 48.0 Å². The van der Waals surface area contributed by atoms with Gasteiger partial charge in [0.05, 0.1) is 33.1 Å². The average Bonchev–Trinajstić information content (AvgIpc) is 2.68. The number of amides is 2. The second kappa shape index (κ2) is 9.53. The highest BCUT2D eigenvalue weighted by atomic mass is 16.5. The molecule has 0 saturated heterocycles. The van der Waals surface area contributed by atoms with Crippen molar-refractivity contribution in [1.29, 1.82) is 0 Å². The Morgan fingerprint density at radius 1 is 1.00 bits per heavy atom. The first-order chi connectivity index (χ1) is 12.6. The van der Waals surface area contributed by atoms with E-state index in [1.807, 2.05) is 24.3 Å². The van der Waals surface area contributed by atoms with Gasteiger partial charge in [-0.1, -0.05) is 18.2 Å². The number of rotatable bonds is 8. The lowest BCUT2D eigenvalue weighted by Crippen LogP contribution is -2.33. The molecule has 26 heavy (non-hydrogen) atoms. The molecule has 140 valence electrons. The maximum absolute atomic E-state index is 12.3. The number of hydrogen-bond acceptors (Lipinski definition) is 5. The summed E-state index contributed by atoms with van der Waals surface area (Å²) in [5.74, 6) is 1.73. The number of para-hydroxylation sites is 1. The maximum Gasteiger partial charge on any atom is 0.319 e. The monoisotopic (exact) mass is 360 g/mol. The second-order valence-corrected chi connectivity index (χ2v) is 5.38. The zero-order valence-corrected chi connectivity index (χ0v) is 15.4. The van der Waals surface area contributed by atoms with Crippen LogP contribution in [0.25, 0.3) is 0 Å². The molecular formula is C19H24N2O5. The Hall–Kier alpha value is -2.93. The molecule has 0 aromatic heterocycles. The first-order valence-corrected chi connectivity index (χ1v) is 8.05. The Bertz CT molecular complexity index is 736. The average molecular weight is 360 g/mol. The van der Waals surface area contributed by atoms with Gasteiger partial charge in [0.25, 0.3) is 0 Å². The molecule has 0 aliphatic heterocycles. The molecule has 2 N–H and O–H groups in total. The van der Waals surface area contributed by atoms with Crippen LogP contribution < -0.4 is 24.8 Å². The molecule has 0 radical (unpaired) electrons. The summed E-state index contributed by atoms with van der Waals surface area (Å²) < 4.78 is 21.2. The van der Waals surface area contributed by atoms with E-state index in [0.29, 0.717) is 23.7 Å². The van der Waals surface area contributed by atoms with Gasteiger partial charge in [0.2, 0.25) is 0 Å². The number of anilines is 1. The van der Waals surface area contributed by atoms with E-state index in [2.05, 4.69) is 10.6 Å². The van der Waals surface area contributed by atoms with Gasteiger partial charge in [-0.3, -0.25) is 0 Å². The van der Waals surface area contributed by atoms with E-state index in [1.54, 1.807) is 39.5 Å². The van der Waals surface area contributed by atoms with Crippen LogP contribution in [0, 0.1) is 0 Å². The van der Waals surface area contributed by atoms with Gasteiger partial charge < -0.3 is 29.6 Å². The van der Waals surface area contributed by atoms with Gasteiger partial charge in [-0.2, -0.15) is 0 Å². The highest BCUT2D eigenvalue weighted by molar-refractivity contribution is 5.91. The van der Waals surface area contributed by atoms with Crippen LogP contribution in [0.2, 0.25) is 0 Å². The van der Waals surface area contributed by atoms with Gasteiger partial charge in [0.1, 0.15) is 5.75 Å². The first kappa shape index (κ1) is 19.4.